The predicted octanol–water partition coefficient (Wildman–Crippen LogP) is 2.17. The van der Waals surface area contributed by atoms with Gasteiger partial charge >= 0.3 is 0 Å². The monoisotopic (exact) mass is 211 g/mol. The molecular weight excluding hydrogens is 202 g/mol. The molecule has 5 heteroatoms. The first kappa shape index (κ1) is 8.77. The van der Waals surface area contributed by atoms with Crippen LogP contribution in [0.4, 0.5) is 0 Å². The van der Waals surface area contributed by atoms with Gasteiger partial charge in [0.2, 0.25) is 0 Å². The summed E-state index contributed by atoms with van der Waals surface area (Å²) in [6.45, 7) is 0. The van der Waals surface area contributed by atoms with Gasteiger partial charge in [0.15, 0.2) is 0 Å². The summed E-state index contributed by atoms with van der Waals surface area (Å²) in [4.78, 5) is 1.59. The van der Waals surface area contributed by atoms with Crippen LogP contribution in [-0.4, -0.2) is 15.0 Å². The molecule has 2 heterocycles. The zero-order valence-corrected chi connectivity index (χ0v) is 8.81. The van der Waals surface area contributed by atoms with Gasteiger partial charge in [0.1, 0.15) is 0 Å². The highest BCUT2D eigenvalue weighted by Gasteiger charge is 1.99. The Morgan fingerprint density at radius 2 is 2.54 bits per heavy atom. The van der Waals surface area contributed by atoms with E-state index in [2.05, 4.69) is 27.7 Å². The molecule has 2 aromatic rings. The van der Waals surface area contributed by atoms with Crippen LogP contribution in [0.2, 0.25) is 0 Å². The van der Waals surface area contributed by atoms with Crippen LogP contribution in [0.1, 0.15) is 5.69 Å². The van der Waals surface area contributed by atoms with E-state index >= 15 is 0 Å². The quantitative estimate of drug-likeness (QED) is 0.729. The Morgan fingerprint density at radius 3 is 3.15 bits per heavy atom. The summed E-state index contributed by atoms with van der Waals surface area (Å²) < 4.78 is 1.32. The van der Waals surface area contributed by atoms with Gasteiger partial charge in [-0.05, 0) is 11.4 Å². The molecule has 13 heavy (non-hydrogen) atoms. The topological polar surface area (TPSA) is 30.7 Å². The molecule has 0 aliphatic heterocycles. The highest BCUT2D eigenvalue weighted by molar-refractivity contribution is 8.00. The lowest BCUT2D eigenvalue weighted by Gasteiger charge is -1.92. The zero-order valence-electron chi connectivity index (χ0n) is 7.17. The van der Waals surface area contributed by atoms with E-state index in [1.807, 2.05) is 7.05 Å². The fourth-order valence-corrected chi connectivity index (χ4v) is 2.61. The van der Waals surface area contributed by atoms with Crippen molar-refractivity contribution in [2.45, 2.75) is 9.96 Å². The van der Waals surface area contributed by atoms with Gasteiger partial charge < -0.3 is 0 Å². The van der Waals surface area contributed by atoms with E-state index in [1.54, 1.807) is 34.1 Å². The molecule has 0 amide bonds. The molecule has 0 aromatic carbocycles. The minimum absolute atomic E-state index is 0.897. The Balaban J connectivity index is 1.93. The minimum Gasteiger partial charge on any atom is -0.188 e. The average Bonchev–Trinajstić information content (AvgIpc) is 2.71. The van der Waals surface area contributed by atoms with Crippen LogP contribution in [0, 0.1) is 0 Å². The van der Waals surface area contributed by atoms with Crippen LogP contribution < -0.4 is 0 Å². The van der Waals surface area contributed by atoms with E-state index in [4.69, 9.17) is 0 Å². The Bertz CT molecular complexity index is 366. The smallest absolute Gasteiger partial charge is 0.0929 e. The first-order chi connectivity index (χ1) is 6.34. The number of thiophene rings is 1. The van der Waals surface area contributed by atoms with Crippen LogP contribution >= 0.6 is 23.1 Å². The molecule has 0 aliphatic rings. The first-order valence-electron chi connectivity index (χ1n) is 3.86. The molecule has 0 spiro atoms. The van der Waals surface area contributed by atoms with E-state index in [0.717, 1.165) is 11.4 Å². The summed E-state index contributed by atoms with van der Waals surface area (Å²) in [7, 11) is 1.83. The molecule has 0 fully saturated rings. The molecule has 0 atom stereocenters. The lowest BCUT2D eigenvalue weighted by molar-refractivity contribution is 0.649. The molecule has 3 nitrogen and oxygen atoms in total. The van der Waals surface area contributed by atoms with Crippen molar-refractivity contribution in [2.75, 3.05) is 0 Å². The standard InChI is InChI=1S/C8H9N3S2/c1-11-9-5-7(10-11)6-13-8-3-2-4-12-8/h2-5H,6H2,1H3. The summed E-state index contributed by atoms with van der Waals surface area (Å²) in [5.41, 5.74) is 1.03. The number of aromatic nitrogens is 3. The molecule has 0 unspecified atom stereocenters. The summed E-state index contributed by atoms with van der Waals surface area (Å²) in [5.74, 6) is 0.897. The lowest BCUT2D eigenvalue weighted by Crippen LogP contribution is -1.92. The summed E-state index contributed by atoms with van der Waals surface area (Å²) in [6, 6.07) is 4.18. The van der Waals surface area contributed by atoms with Crippen molar-refractivity contribution in [3.63, 3.8) is 0 Å². The molecular formula is C8H9N3S2. The second kappa shape index (κ2) is 3.93. The molecule has 0 bridgehead atoms. The Morgan fingerprint density at radius 1 is 1.62 bits per heavy atom. The SMILES string of the molecule is Cn1ncc(CSc2cccs2)n1. The summed E-state index contributed by atoms with van der Waals surface area (Å²) >= 11 is 3.55. The van der Waals surface area contributed by atoms with Gasteiger partial charge in [0.25, 0.3) is 0 Å². The summed E-state index contributed by atoms with van der Waals surface area (Å²) in [5, 5.41) is 10.3. The molecule has 0 saturated heterocycles. The number of aryl methyl sites for hydroxylation is 1. The van der Waals surface area contributed by atoms with E-state index in [0.29, 0.717) is 0 Å². The Labute approximate surface area is 84.8 Å². The van der Waals surface area contributed by atoms with Crippen LogP contribution in [0.5, 0.6) is 0 Å². The maximum Gasteiger partial charge on any atom is 0.0929 e. The fraction of sp³-hybridized carbons (Fsp3) is 0.250. The number of rotatable bonds is 3. The van der Waals surface area contributed by atoms with Crippen molar-refractivity contribution in [2.24, 2.45) is 7.05 Å². The van der Waals surface area contributed by atoms with E-state index in [-0.39, 0.29) is 0 Å². The van der Waals surface area contributed by atoms with Gasteiger partial charge in [-0.25, -0.2) is 0 Å². The van der Waals surface area contributed by atoms with E-state index in [9.17, 15) is 0 Å². The van der Waals surface area contributed by atoms with E-state index < -0.39 is 0 Å². The van der Waals surface area contributed by atoms with Crippen molar-refractivity contribution in [3.05, 3.63) is 29.4 Å². The van der Waals surface area contributed by atoms with Crippen LogP contribution in [0.25, 0.3) is 0 Å². The maximum atomic E-state index is 4.20. The van der Waals surface area contributed by atoms with Crippen molar-refractivity contribution < 1.29 is 0 Å². The van der Waals surface area contributed by atoms with Crippen molar-refractivity contribution in [3.8, 4) is 0 Å². The zero-order chi connectivity index (χ0) is 9.10. The number of thioether (sulfide) groups is 1. The van der Waals surface area contributed by atoms with Crippen molar-refractivity contribution in [1.82, 2.24) is 15.0 Å². The van der Waals surface area contributed by atoms with Crippen LogP contribution in [-0.2, 0) is 12.8 Å². The third kappa shape index (κ3) is 2.32. The van der Waals surface area contributed by atoms with Crippen molar-refractivity contribution >= 4 is 23.1 Å². The van der Waals surface area contributed by atoms with Gasteiger partial charge in [-0.2, -0.15) is 15.0 Å². The number of nitrogens with zero attached hydrogens (tertiary/aromatic N) is 3. The molecule has 0 saturated carbocycles. The van der Waals surface area contributed by atoms with Crippen LogP contribution in [0.3, 0.4) is 0 Å². The van der Waals surface area contributed by atoms with Gasteiger partial charge in [-0.15, -0.1) is 23.1 Å². The van der Waals surface area contributed by atoms with Gasteiger partial charge in [-0.1, -0.05) is 6.07 Å². The third-order valence-corrected chi connectivity index (χ3v) is 3.67. The molecule has 2 aromatic heterocycles. The Kier molecular flexibility index (Phi) is 2.65. The number of hydrogen-bond acceptors (Lipinski definition) is 4. The first-order valence-corrected chi connectivity index (χ1v) is 5.72. The average molecular weight is 211 g/mol. The largest absolute Gasteiger partial charge is 0.188 e. The third-order valence-electron chi connectivity index (χ3n) is 1.50. The van der Waals surface area contributed by atoms with Gasteiger partial charge in [0.05, 0.1) is 16.1 Å². The predicted molar refractivity (Wildman–Crippen MR) is 54.9 cm³/mol. The minimum atomic E-state index is 0.897. The molecule has 0 radical (unpaired) electrons. The second-order valence-corrected chi connectivity index (χ2v) is 4.77. The fourth-order valence-electron chi connectivity index (χ4n) is 0.945. The molecule has 0 N–H and O–H groups in total. The van der Waals surface area contributed by atoms with Crippen LogP contribution in [0.15, 0.2) is 27.9 Å². The van der Waals surface area contributed by atoms with Crippen molar-refractivity contribution in [1.29, 1.82) is 0 Å². The highest BCUT2D eigenvalue weighted by atomic mass is 32.2. The number of hydrogen-bond donors (Lipinski definition) is 0. The molecule has 2 rings (SSSR count). The van der Waals surface area contributed by atoms with Gasteiger partial charge in [-0.3, -0.25) is 0 Å². The lowest BCUT2D eigenvalue weighted by atomic mass is 10.6. The highest BCUT2D eigenvalue weighted by Crippen LogP contribution is 2.25. The normalized spacial score (nSPS) is 10.5. The molecule has 68 valence electrons. The maximum absolute atomic E-state index is 4.20. The van der Waals surface area contributed by atoms with Gasteiger partial charge in [0, 0.05) is 12.8 Å². The second-order valence-electron chi connectivity index (χ2n) is 2.55. The van der Waals surface area contributed by atoms with E-state index in [1.165, 1.54) is 4.21 Å². The molecule has 0 aliphatic carbocycles. The summed E-state index contributed by atoms with van der Waals surface area (Å²) in [6.07, 6.45) is 1.81. The Hall–Kier alpha value is -0.810.